The topological polar surface area (TPSA) is 89.0 Å². The third-order valence-electron chi connectivity index (χ3n) is 5.31. The van der Waals surface area contributed by atoms with Crippen molar-refractivity contribution in [1.82, 2.24) is 4.98 Å². The van der Waals surface area contributed by atoms with Crippen molar-refractivity contribution < 1.29 is 23.9 Å². The Morgan fingerprint density at radius 2 is 2.03 bits per heavy atom. The van der Waals surface area contributed by atoms with Gasteiger partial charge in [0.25, 0.3) is 0 Å². The fraction of sp³-hybridized carbons (Fsp3) is 0.250. The summed E-state index contributed by atoms with van der Waals surface area (Å²) in [5, 5.41) is 2.67. The Morgan fingerprint density at radius 3 is 2.76 bits per heavy atom. The minimum atomic E-state index is -0.587. The van der Waals surface area contributed by atoms with Crippen LogP contribution in [0.1, 0.15) is 19.0 Å². The number of ether oxygens (including phenoxy) is 2. The first-order chi connectivity index (χ1) is 16.4. The van der Waals surface area contributed by atoms with Crippen LogP contribution in [-0.4, -0.2) is 36.4 Å². The number of anilines is 3. The van der Waals surface area contributed by atoms with E-state index in [0.29, 0.717) is 33.0 Å². The van der Waals surface area contributed by atoms with Gasteiger partial charge < -0.3 is 14.4 Å². The number of methoxy groups -OCH3 is 1. The number of amides is 2. The molecule has 1 fully saturated rings. The lowest BCUT2D eigenvalue weighted by molar-refractivity contribution is -0.149. The number of hydrogen-bond acceptors (Lipinski definition) is 7. The van der Waals surface area contributed by atoms with Crippen LogP contribution >= 0.6 is 22.9 Å². The Morgan fingerprint density at radius 1 is 1.24 bits per heavy atom. The summed E-state index contributed by atoms with van der Waals surface area (Å²) in [5.74, 6) is -0.883. The molecule has 0 spiro atoms. The summed E-state index contributed by atoms with van der Waals surface area (Å²) in [5.41, 5.74) is 1.73. The van der Waals surface area contributed by atoms with Gasteiger partial charge in [-0.1, -0.05) is 29.8 Å². The molecule has 1 saturated heterocycles. The van der Waals surface area contributed by atoms with Crippen molar-refractivity contribution in [2.24, 2.45) is 5.92 Å². The standard InChI is InChI=1S/C24H22ClN3O5S/c1-15(29)28(19-7-5-6-17(25)11-19)24-26-18(14-34-24)13-33-23(31)16-10-22(30)27(12-16)20-8-3-4-9-21(20)32-2/h3-9,11,14,16H,10,12-13H2,1-2H3. The largest absolute Gasteiger partial charge is 0.495 e. The molecule has 34 heavy (non-hydrogen) atoms. The van der Waals surface area contributed by atoms with Crippen LogP contribution in [0, 0.1) is 5.92 Å². The third kappa shape index (κ3) is 5.05. The Hall–Kier alpha value is -3.43. The summed E-state index contributed by atoms with van der Waals surface area (Å²) in [6.07, 6.45) is 0.0616. The van der Waals surface area contributed by atoms with Crippen molar-refractivity contribution in [3.8, 4) is 5.75 Å². The van der Waals surface area contributed by atoms with E-state index in [1.165, 1.54) is 30.3 Å². The highest BCUT2D eigenvalue weighted by Gasteiger charge is 2.37. The number of aromatic nitrogens is 1. The maximum atomic E-state index is 12.7. The zero-order valence-corrected chi connectivity index (χ0v) is 20.1. The van der Waals surface area contributed by atoms with E-state index < -0.39 is 11.9 Å². The van der Waals surface area contributed by atoms with Crippen molar-refractivity contribution >= 4 is 57.2 Å². The molecule has 1 aliphatic heterocycles. The van der Waals surface area contributed by atoms with Gasteiger partial charge in [0.1, 0.15) is 12.4 Å². The molecule has 0 bridgehead atoms. The van der Waals surface area contributed by atoms with E-state index in [2.05, 4.69) is 4.98 Å². The highest BCUT2D eigenvalue weighted by molar-refractivity contribution is 7.14. The number of halogens is 1. The van der Waals surface area contributed by atoms with Crippen LogP contribution in [0.2, 0.25) is 5.02 Å². The molecule has 2 aromatic carbocycles. The van der Waals surface area contributed by atoms with Gasteiger partial charge in [-0.2, -0.15) is 0 Å². The van der Waals surface area contributed by atoms with E-state index >= 15 is 0 Å². The number of rotatable bonds is 7. The molecule has 10 heteroatoms. The Kier molecular flexibility index (Phi) is 7.14. The molecule has 0 saturated carbocycles. The second-order valence-electron chi connectivity index (χ2n) is 7.64. The van der Waals surface area contributed by atoms with Crippen LogP contribution in [0.5, 0.6) is 5.75 Å². The van der Waals surface area contributed by atoms with E-state index in [4.69, 9.17) is 21.1 Å². The molecule has 0 radical (unpaired) electrons. The second-order valence-corrected chi connectivity index (χ2v) is 8.91. The molecule has 0 N–H and O–H groups in total. The number of nitrogens with zero attached hydrogens (tertiary/aromatic N) is 3. The number of para-hydroxylation sites is 2. The Balaban J connectivity index is 1.40. The van der Waals surface area contributed by atoms with Gasteiger partial charge in [0.05, 0.1) is 30.1 Å². The molecule has 3 aromatic rings. The molecule has 1 unspecified atom stereocenters. The first-order valence-electron chi connectivity index (χ1n) is 10.5. The van der Waals surface area contributed by atoms with Crippen molar-refractivity contribution in [2.75, 3.05) is 23.5 Å². The SMILES string of the molecule is COc1ccccc1N1CC(C(=O)OCc2csc(N(C(C)=O)c3cccc(Cl)c3)n2)CC1=O. The Bertz CT molecular complexity index is 1230. The number of hydrogen-bond donors (Lipinski definition) is 0. The first-order valence-corrected chi connectivity index (χ1v) is 11.7. The monoisotopic (exact) mass is 499 g/mol. The van der Waals surface area contributed by atoms with Crippen molar-refractivity contribution in [2.45, 2.75) is 20.0 Å². The minimum Gasteiger partial charge on any atom is -0.495 e. The number of benzene rings is 2. The summed E-state index contributed by atoms with van der Waals surface area (Å²) >= 11 is 7.32. The van der Waals surface area contributed by atoms with E-state index in [-0.39, 0.29) is 31.4 Å². The molecule has 1 aliphatic rings. The summed E-state index contributed by atoms with van der Waals surface area (Å²) in [4.78, 5) is 44.9. The number of thiazole rings is 1. The summed E-state index contributed by atoms with van der Waals surface area (Å²) in [6.45, 7) is 1.59. The van der Waals surface area contributed by atoms with Crippen LogP contribution < -0.4 is 14.5 Å². The summed E-state index contributed by atoms with van der Waals surface area (Å²) < 4.78 is 10.8. The predicted octanol–water partition coefficient (Wildman–Crippen LogP) is 4.59. The molecule has 176 valence electrons. The fourth-order valence-electron chi connectivity index (χ4n) is 3.72. The quantitative estimate of drug-likeness (QED) is 0.442. The van der Waals surface area contributed by atoms with Gasteiger partial charge in [-0.25, -0.2) is 4.98 Å². The van der Waals surface area contributed by atoms with Crippen molar-refractivity contribution in [3.63, 3.8) is 0 Å². The second kappa shape index (κ2) is 10.2. The van der Waals surface area contributed by atoms with Gasteiger partial charge in [-0.05, 0) is 30.3 Å². The molecular formula is C24H22ClN3O5S. The van der Waals surface area contributed by atoms with E-state index in [1.807, 2.05) is 12.1 Å². The van der Waals surface area contributed by atoms with Crippen LogP contribution in [0.4, 0.5) is 16.5 Å². The van der Waals surface area contributed by atoms with Crippen LogP contribution in [-0.2, 0) is 25.7 Å². The van der Waals surface area contributed by atoms with Crippen LogP contribution in [0.3, 0.4) is 0 Å². The number of carbonyl (C=O) groups excluding carboxylic acids is 3. The lowest BCUT2D eigenvalue weighted by Crippen LogP contribution is -2.26. The van der Waals surface area contributed by atoms with Gasteiger partial charge in [-0.3, -0.25) is 19.3 Å². The van der Waals surface area contributed by atoms with Gasteiger partial charge in [0.15, 0.2) is 5.13 Å². The highest BCUT2D eigenvalue weighted by atomic mass is 35.5. The average Bonchev–Trinajstić information content (AvgIpc) is 3.44. The lowest BCUT2D eigenvalue weighted by Gasteiger charge is -2.19. The molecule has 1 atom stereocenters. The predicted molar refractivity (Wildman–Crippen MR) is 130 cm³/mol. The maximum absolute atomic E-state index is 12.7. The lowest BCUT2D eigenvalue weighted by atomic mass is 10.1. The van der Waals surface area contributed by atoms with E-state index in [9.17, 15) is 14.4 Å². The maximum Gasteiger partial charge on any atom is 0.311 e. The average molecular weight is 500 g/mol. The minimum absolute atomic E-state index is 0.0596. The van der Waals surface area contributed by atoms with Crippen LogP contribution in [0.15, 0.2) is 53.9 Å². The van der Waals surface area contributed by atoms with Gasteiger partial charge in [0, 0.05) is 30.3 Å². The van der Waals surface area contributed by atoms with Gasteiger partial charge in [0.2, 0.25) is 11.8 Å². The first kappa shape index (κ1) is 23.7. The van der Waals surface area contributed by atoms with Gasteiger partial charge >= 0.3 is 5.97 Å². The molecular weight excluding hydrogens is 478 g/mol. The molecule has 1 aromatic heterocycles. The normalized spacial score (nSPS) is 15.3. The number of carbonyl (C=O) groups is 3. The molecule has 0 aliphatic carbocycles. The molecule has 2 amide bonds. The van der Waals surface area contributed by atoms with E-state index in [0.717, 1.165) is 0 Å². The highest BCUT2D eigenvalue weighted by Crippen LogP contribution is 2.34. The van der Waals surface area contributed by atoms with E-state index in [1.54, 1.807) is 46.7 Å². The summed E-state index contributed by atoms with van der Waals surface area (Å²) in [6, 6.07) is 14.1. The molecule has 4 rings (SSSR count). The smallest absolute Gasteiger partial charge is 0.311 e. The van der Waals surface area contributed by atoms with Crippen LogP contribution in [0.25, 0.3) is 0 Å². The summed E-state index contributed by atoms with van der Waals surface area (Å²) in [7, 11) is 1.53. The Labute approximate surface area is 205 Å². The van der Waals surface area contributed by atoms with Crippen molar-refractivity contribution in [1.29, 1.82) is 0 Å². The third-order valence-corrected chi connectivity index (χ3v) is 6.42. The van der Waals surface area contributed by atoms with Gasteiger partial charge in [-0.15, -0.1) is 11.3 Å². The zero-order chi connectivity index (χ0) is 24.2. The molecule has 8 nitrogen and oxygen atoms in total. The fourth-order valence-corrected chi connectivity index (χ4v) is 4.78. The van der Waals surface area contributed by atoms with Crippen molar-refractivity contribution in [3.05, 3.63) is 64.6 Å². The number of esters is 1. The molecule has 2 heterocycles. The zero-order valence-electron chi connectivity index (χ0n) is 18.6.